The van der Waals surface area contributed by atoms with Crippen molar-refractivity contribution in [2.45, 2.75) is 30.7 Å². The molecule has 6 nitrogen and oxygen atoms in total. The summed E-state index contributed by atoms with van der Waals surface area (Å²) in [5.74, 6) is -0.285. The van der Waals surface area contributed by atoms with Crippen molar-refractivity contribution < 1.29 is 13.2 Å². The second-order valence-corrected chi connectivity index (χ2v) is 8.32. The highest BCUT2D eigenvalue weighted by Crippen LogP contribution is 2.21. The summed E-state index contributed by atoms with van der Waals surface area (Å²) in [7, 11) is -3.48. The SMILES string of the molecule is Nc1ccccc1C(=O)NCc1cccc(S(=O)(=O)N2CCCCC2)c1. The number of sulfonamides is 1. The Bertz CT molecular complexity index is 890. The van der Waals surface area contributed by atoms with Crippen molar-refractivity contribution in [2.75, 3.05) is 18.8 Å². The van der Waals surface area contributed by atoms with Crippen molar-refractivity contribution >= 4 is 21.6 Å². The van der Waals surface area contributed by atoms with Crippen LogP contribution in [-0.4, -0.2) is 31.7 Å². The lowest BCUT2D eigenvalue weighted by Crippen LogP contribution is -2.35. The molecule has 1 amide bonds. The van der Waals surface area contributed by atoms with Crippen LogP contribution in [0.5, 0.6) is 0 Å². The number of para-hydroxylation sites is 1. The third-order valence-electron chi connectivity index (χ3n) is 4.51. The molecule has 0 aliphatic carbocycles. The number of anilines is 1. The fourth-order valence-electron chi connectivity index (χ4n) is 3.05. The number of carbonyl (C=O) groups is 1. The van der Waals surface area contributed by atoms with Crippen LogP contribution in [0.4, 0.5) is 5.69 Å². The molecule has 1 saturated heterocycles. The number of rotatable bonds is 5. The zero-order valence-electron chi connectivity index (χ0n) is 14.5. The van der Waals surface area contributed by atoms with E-state index in [1.54, 1.807) is 52.8 Å². The molecule has 0 atom stereocenters. The first-order chi connectivity index (χ1) is 12.5. The van der Waals surface area contributed by atoms with Gasteiger partial charge in [-0.3, -0.25) is 4.79 Å². The lowest BCUT2D eigenvalue weighted by molar-refractivity contribution is 0.0952. The van der Waals surface area contributed by atoms with Crippen molar-refractivity contribution in [3.8, 4) is 0 Å². The lowest BCUT2D eigenvalue weighted by atomic mass is 10.1. The van der Waals surface area contributed by atoms with Gasteiger partial charge in [0.15, 0.2) is 0 Å². The third kappa shape index (κ3) is 4.05. The molecule has 0 bridgehead atoms. The van der Waals surface area contributed by atoms with Gasteiger partial charge in [-0.05, 0) is 42.7 Å². The normalized spacial score (nSPS) is 15.5. The largest absolute Gasteiger partial charge is 0.398 e. The lowest BCUT2D eigenvalue weighted by Gasteiger charge is -2.26. The fourth-order valence-corrected chi connectivity index (χ4v) is 4.64. The maximum atomic E-state index is 12.8. The van der Waals surface area contributed by atoms with E-state index in [-0.39, 0.29) is 17.3 Å². The standard InChI is InChI=1S/C19H23N3O3S/c20-18-10-3-2-9-17(18)19(23)21-14-15-7-6-8-16(13-15)26(24,25)22-11-4-1-5-12-22/h2-3,6-10,13H,1,4-5,11-12,14,20H2,(H,21,23). The minimum absolute atomic E-state index is 0.233. The first-order valence-electron chi connectivity index (χ1n) is 8.70. The Balaban J connectivity index is 1.71. The van der Waals surface area contributed by atoms with Crippen LogP contribution in [0.15, 0.2) is 53.4 Å². The highest BCUT2D eigenvalue weighted by molar-refractivity contribution is 7.89. The number of hydrogen-bond acceptors (Lipinski definition) is 4. The van der Waals surface area contributed by atoms with Gasteiger partial charge in [-0.15, -0.1) is 0 Å². The molecule has 2 aromatic rings. The molecule has 0 radical (unpaired) electrons. The van der Waals surface area contributed by atoms with Crippen LogP contribution in [0.1, 0.15) is 35.2 Å². The van der Waals surface area contributed by atoms with Gasteiger partial charge >= 0.3 is 0 Å². The van der Waals surface area contributed by atoms with Gasteiger partial charge in [0, 0.05) is 25.3 Å². The van der Waals surface area contributed by atoms with Crippen LogP contribution >= 0.6 is 0 Å². The number of nitrogens with two attached hydrogens (primary N) is 1. The molecule has 138 valence electrons. The number of nitrogen functional groups attached to an aromatic ring is 1. The second-order valence-electron chi connectivity index (χ2n) is 6.38. The Morgan fingerprint density at radius 1 is 1.04 bits per heavy atom. The first-order valence-corrected chi connectivity index (χ1v) is 10.1. The molecule has 1 heterocycles. The Morgan fingerprint density at radius 3 is 2.50 bits per heavy atom. The van der Waals surface area contributed by atoms with Crippen molar-refractivity contribution in [3.63, 3.8) is 0 Å². The van der Waals surface area contributed by atoms with Gasteiger partial charge in [0.2, 0.25) is 10.0 Å². The summed E-state index contributed by atoms with van der Waals surface area (Å²) < 4.78 is 27.1. The van der Waals surface area contributed by atoms with E-state index in [9.17, 15) is 13.2 Å². The van der Waals surface area contributed by atoms with Gasteiger partial charge in [-0.2, -0.15) is 4.31 Å². The van der Waals surface area contributed by atoms with Gasteiger partial charge in [0.05, 0.1) is 10.5 Å². The quantitative estimate of drug-likeness (QED) is 0.787. The number of amides is 1. The van der Waals surface area contributed by atoms with E-state index >= 15 is 0 Å². The summed E-state index contributed by atoms with van der Waals surface area (Å²) in [5, 5.41) is 2.79. The summed E-state index contributed by atoms with van der Waals surface area (Å²) in [5.41, 5.74) is 7.35. The summed E-state index contributed by atoms with van der Waals surface area (Å²) in [6.45, 7) is 1.36. The van der Waals surface area contributed by atoms with E-state index in [1.807, 2.05) is 0 Å². The molecule has 1 aliphatic rings. The topological polar surface area (TPSA) is 92.5 Å². The van der Waals surface area contributed by atoms with Crippen molar-refractivity contribution in [1.29, 1.82) is 0 Å². The van der Waals surface area contributed by atoms with Gasteiger partial charge in [-0.25, -0.2) is 8.42 Å². The number of carbonyl (C=O) groups excluding carboxylic acids is 1. The summed E-state index contributed by atoms with van der Waals surface area (Å²) in [6.07, 6.45) is 2.86. The van der Waals surface area contributed by atoms with Crippen LogP contribution in [0, 0.1) is 0 Å². The Labute approximate surface area is 154 Å². The average Bonchev–Trinajstić information content (AvgIpc) is 2.67. The molecule has 7 heteroatoms. The van der Waals surface area contributed by atoms with Crippen molar-refractivity contribution in [1.82, 2.24) is 9.62 Å². The minimum Gasteiger partial charge on any atom is -0.398 e. The third-order valence-corrected chi connectivity index (χ3v) is 6.40. The number of nitrogens with one attached hydrogen (secondary N) is 1. The number of benzene rings is 2. The predicted molar refractivity (Wildman–Crippen MR) is 101 cm³/mol. The molecular weight excluding hydrogens is 350 g/mol. The average molecular weight is 373 g/mol. The number of hydrogen-bond donors (Lipinski definition) is 2. The highest BCUT2D eigenvalue weighted by Gasteiger charge is 2.25. The summed E-state index contributed by atoms with van der Waals surface area (Å²) in [6, 6.07) is 13.6. The van der Waals surface area contributed by atoms with Crippen LogP contribution < -0.4 is 11.1 Å². The molecule has 26 heavy (non-hydrogen) atoms. The number of piperidine rings is 1. The maximum absolute atomic E-state index is 12.8. The highest BCUT2D eigenvalue weighted by atomic mass is 32.2. The van der Waals surface area contributed by atoms with Crippen LogP contribution in [-0.2, 0) is 16.6 Å². The minimum atomic E-state index is -3.48. The van der Waals surface area contributed by atoms with E-state index in [0.29, 0.717) is 24.3 Å². The molecule has 3 rings (SSSR count). The van der Waals surface area contributed by atoms with E-state index in [1.165, 1.54) is 0 Å². The van der Waals surface area contributed by atoms with Crippen molar-refractivity contribution in [3.05, 3.63) is 59.7 Å². The van der Waals surface area contributed by atoms with Gasteiger partial charge in [0.25, 0.3) is 5.91 Å². The molecule has 2 aromatic carbocycles. The molecule has 0 saturated carbocycles. The van der Waals surface area contributed by atoms with Gasteiger partial charge in [0.1, 0.15) is 0 Å². The molecule has 3 N–H and O–H groups in total. The van der Waals surface area contributed by atoms with Crippen LogP contribution in [0.2, 0.25) is 0 Å². The fraction of sp³-hybridized carbons (Fsp3) is 0.316. The smallest absolute Gasteiger partial charge is 0.253 e. The zero-order chi connectivity index (χ0) is 18.6. The van der Waals surface area contributed by atoms with E-state index in [2.05, 4.69) is 5.32 Å². The maximum Gasteiger partial charge on any atom is 0.253 e. The summed E-state index contributed by atoms with van der Waals surface area (Å²) in [4.78, 5) is 12.5. The monoisotopic (exact) mass is 373 g/mol. The van der Waals surface area contributed by atoms with Gasteiger partial charge < -0.3 is 11.1 Å². The first kappa shape index (κ1) is 18.4. The molecule has 0 unspecified atom stereocenters. The van der Waals surface area contributed by atoms with Gasteiger partial charge in [-0.1, -0.05) is 30.7 Å². The van der Waals surface area contributed by atoms with E-state index in [4.69, 9.17) is 5.73 Å². The van der Waals surface area contributed by atoms with Crippen LogP contribution in [0.3, 0.4) is 0 Å². The molecule has 1 aliphatic heterocycles. The Morgan fingerprint density at radius 2 is 1.77 bits per heavy atom. The molecular formula is C19H23N3O3S. The van der Waals surface area contributed by atoms with E-state index in [0.717, 1.165) is 24.8 Å². The molecule has 1 fully saturated rings. The number of nitrogens with zero attached hydrogens (tertiary/aromatic N) is 1. The van der Waals surface area contributed by atoms with E-state index < -0.39 is 10.0 Å². The predicted octanol–water partition coefficient (Wildman–Crippen LogP) is 2.37. The zero-order valence-corrected chi connectivity index (χ0v) is 15.3. The summed E-state index contributed by atoms with van der Waals surface area (Å²) >= 11 is 0. The second kappa shape index (κ2) is 7.88. The van der Waals surface area contributed by atoms with Crippen molar-refractivity contribution in [2.24, 2.45) is 0 Å². The Hall–Kier alpha value is -2.38. The van der Waals surface area contributed by atoms with Crippen LogP contribution in [0.25, 0.3) is 0 Å². The molecule has 0 spiro atoms. The Kier molecular flexibility index (Phi) is 5.58. The molecule has 0 aromatic heterocycles.